The van der Waals surface area contributed by atoms with E-state index >= 15 is 0 Å². The number of hydrogen-bond acceptors (Lipinski definition) is 2. The minimum absolute atomic E-state index is 0.452. The zero-order chi connectivity index (χ0) is 14.2. The average molecular weight is 272 g/mol. The first-order valence-corrected chi connectivity index (χ1v) is 8.07. The van der Waals surface area contributed by atoms with Gasteiger partial charge in [-0.15, -0.1) is 0 Å². The van der Waals surface area contributed by atoms with Gasteiger partial charge in [-0.3, -0.25) is 0 Å². The Morgan fingerprint density at radius 2 is 1.90 bits per heavy atom. The molecule has 0 bridgehead atoms. The summed E-state index contributed by atoms with van der Waals surface area (Å²) in [5.41, 5.74) is 3.48. The highest BCUT2D eigenvalue weighted by Crippen LogP contribution is 2.40. The summed E-state index contributed by atoms with van der Waals surface area (Å²) in [5.74, 6) is 0.783. The van der Waals surface area contributed by atoms with Crippen molar-refractivity contribution in [1.82, 2.24) is 10.2 Å². The predicted octanol–water partition coefficient (Wildman–Crippen LogP) is 3.31. The summed E-state index contributed by atoms with van der Waals surface area (Å²) in [6.07, 6.45) is 6.75. The van der Waals surface area contributed by atoms with Crippen LogP contribution < -0.4 is 5.32 Å². The minimum Gasteiger partial charge on any atom is -0.312 e. The number of hydrogen-bond donors (Lipinski definition) is 1. The molecule has 1 N–H and O–H groups in total. The van der Waals surface area contributed by atoms with Gasteiger partial charge >= 0.3 is 0 Å². The Hall–Kier alpha value is -0.860. The summed E-state index contributed by atoms with van der Waals surface area (Å²) in [5, 5.41) is 3.82. The Bertz CT molecular complexity index is 456. The maximum atomic E-state index is 3.82. The second-order valence-corrected chi connectivity index (χ2v) is 7.08. The van der Waals surface area contributed by atoms with Crippen LogP contribution in [0.5, 0.6) is 0 Å². The zero-order valence-electron chi connectivity index (χ0n) is 13.2. The normalized spacial score (nSPS) is 28.0. The van der Waals surface area contributed by atoms with E-state index in [0.29, 0.717) is 5.54 Å². The van der Waals surface area contributed by atoms with Crippen LogP contribution in [0, 0.1) is 6.92 Å². The third-order valence-corrected chi connectivity index (χ3v) is 5.72. The largest absolute Gasteiger partial charge is 0.312 e. The molecular weight excluding hydrogens is 244 g/mol. The second kappa shape index (κ2) is 5.50. The fourth-order valence-corrected chi connectivity index (χ4v) is 3.78. The van der Waals surface area contributed by atoms with Crippen LogP contribution in [0.3, 0.4) is 0 Å². The summed E-state index contributed by atoms with van der Waals surface area (Å²) >= 11 is 0. The van der Waals surface area contributed by atoms with Crippen molar-refractivity contribution in [3.8, 4) is 0 Å². The number of benzene rings is 1. The Balaban J connectivity index is 1.48. The minimum atomic E-state index is 0.452. The van der Waals surface area contributed by atoms with Crippen molar-refractivity contribution in [2.45, 2.75) is 56.5 Å². The van der Waals surface area contributed by atoms with Crippen molar-refractivity contribution < 1.29 is 0 Å². The second-order valence-electron chi connectivity index (χ2n) is 7.08. The lowest BCUT2D eigenvalue weighted by atomic mass is 9.72. The van der Waals surface area contributed by atoms with E-state index in [9.17, 15) is 0 Å². The first-order valence-electron chi connectivity index (χ1n) is 8.07. The molecule has 2 heteroatoms. The van der Waals surface area contributed by atoms with Crippen molar-refractivity contribution >= 4 is 0 Å². The Morgan fingerprint density at radius 3 is 2.45 bits per heavy atom. The Morgan fingerprint density at radius 1 is 1.20 bits per heavy atom. The van der Waals surface area contributed by atoms with E-state index in [2.05, 4.69) is 55.5 Å². The molecule has 0 unspecified atom stereocenters. The number of nitrogens with one attached hydrogen (secondary N) is 1. The van der Waals surface area contributed by atoms with E-state index in [-0.39, 0.29) is 0 Å². The van der Waals surface area contributed by atoms with E-state index < -0.39 is 0 Å². The molecular formula is C18H28N2. The van der Waals surface area contributed by atoms with E-state index in [1.165, 1.54) is 44.2 Å². The molecule has 1 aromatic rings. The van der Waals surface area contributed by atoms with Crippen LogP contribution in [-0.4, -0.2) is 37.1 Å². The molecule has 110 valence electrons. The molecule has 0 heterocycles. The lowest BCUT2D eigenvalue weighted by molar-refractivity contribution is 0.0524. The highest BCUT2D eigenvalue weighted by molar-refractivity contribution is 5.31. The molecule has 0 amide bonds. The van der Waals surface area contributed by atoms with Crippen molar-refractivity contribution in [1.29, 1.82) is 0 Å². The highest BCUT2D eigenvalue weighted by atomic mass is 15.2. The summed E-state index contributed by atoms with van der Waals surface area (Å²) in [7, 11) is 4.47. The van der Waals surface area contributed by atoms with E-state index in [0.717, 1.165) is 12.0 Å². The molecule has 0 aliphatic heterocycles. The molecule has 1 aromatic carbocycles. The molecule has 2 saturated carbocycles. The van der Waals surface area contributed by atoms with Crippen LogP contribution in [0.15, 0.2) is 24.3 Å². The fraction of sp³-hybridized carbons (Fsp3) is 0.667. The molecule has 0 atom stereocenters. The van der Waals surface area contributed by atoms with Gasteiger partial charge < -0.3 is 10.2 Å². The van der Waals surface area contributed by atoms with Gasteiger partial charge in [-0.25, -0.2) is 0 Å². The van der Waals surface area contributed by atoms with Crippen LogP contribution in [0.4, 0.5) is 0 Å². The van der Waals surface area contributed by atoms with E-state index in [1.54, 1.807) is 5.56 Å². The molecule has 2 aliphatic carbocycles. The van der Waals surface area contributed by atoms with Crippen LogP contribution in [-0.2, 0) is 0 Å². The van der Waals surface area contributed by atoms with Gasteiger partial charge in [0.05, 0.1) is 0 Å². The summed E-state index contributed by atoms with van der Waals surface area (Å²) < 4.78 is 0. The highest BCUT2D eigenvalue weighted by Gasteiger charge is 2.40. The topological polar surface area (TPSA) is 15.3 Å². The molecule has 3 rings (SSSR count). The molecule has 2 fully saturated rings. The molecule has 20 heavy (non-hydrogen) atoms. The van der Waals surface area contributed by atoms with Crippen molar-refractivity contribution in [2.75, 3.05) is 20.6 Å². The SMILES string of the molecule is Cc1ccccc1C1CC(NCC2(N(C)C)CCC2)C1. The van der Waals surface area contributed by atoms with Crippen molar-refractivity contribution in [3.05, 3.63) is 35.4 Å². The molecule has 0 aromatic heterocycles. The quantitative estimate of drug-likeness (QED) is 0.884. The van der Waals surface area contributed by atoms with Crippen LogP contribution in [0.2, 0.25) is 0 Å². The molecule has 0 saturated heterocycles. The summed E-state index contributed by atoms with van der Waals surface area (Å²) in [6, 6.07) is 9.61. The standard InChI is InChI=1S/C18H28N2/c1-14-7-4-5-8-17(14)15-11-16(12-15)19-13-18(20(2)3)9-6-10-18/h4-5,7-8,15-16,19H,6,9-13H2,1-3H3. The summed E-state index contributed by atoms with van der Waals surface area (Å²) in [6.45, 7) is 3.41. The van der Waals surface area contributed by atoms with Crippen molar-refractivity contribution in [3.63, 3.8) is 0 Å². The van der Waals surface area contributed by atoms with Crippen LogP contribution in [0.1, 0.15) is 49.1 Å². The predicted molar refractivity (Wildman–Crippen MR) is 85.2 cm³/mol. The fourth-order valence-electron chi connectivity index (χ4n) is 3.78. The Kier molecular flexibility index (Phi) is 3.87. The molecule has 2 aliphatic rings. The van der Waals surface area contributed by atoms with Gasteiger partial charge in [0.25, 0.3) is 0 Å². The van der Waals surface area contributed by atoms with Gasteiger partial charge in [0, 0.05) is 18.1 Å². The molecule has 2 nitrogen and oxygen atoms in total. The molecule has 0 spiro atoms. The lowest BCUT2D eigenvalue weighted by Gasteiger charge is -2.49. The average Bonchev–Trinajstić information content (AvgIpc) is 2.31. The first-order chi connectivity index (χ1) is 9.61. The smallest absolute Gasteiger partial charge is 0.0328 e. The van der Waals surface area contributed by atoms with Gasteiger partial charge in [-0.05, 0) is 70.2 Å². The Labute approximate surface area is 123 Å². The number of aryl methyl sites for hydroxylation is 1. The zero-order valence-corrected chi connectivity index (χ0v) is 13.2. The first kappa shape index (κ1) is 14.1. The van der Waals surface area contributed by atoms with Crippen molar-refractivity contribution in [2.24, 2.45) is 0 Å². The van der Waals surface area contributed by atoms with Gasteiger partial charge in [0.1, 0.15) is 0 Å². The summed E-state index contributed by atoms with van der Waals surface area (Å²) in [4.78, 5) is 2.43. The van der Waals surface area contributed by atoms with Gasteiger partial charge in [-0.1, -0.05) is 24.3 Å². The third kappa shape index (κ3) is 2.51. The van der Waals surface area contributed by atoms with Crippen LogP contribution >= 0.6 is 0 Å². The third-order valence-electron chi connectivity index (χ3n) is 5.72. The number of rotatable bonds is 5. The van der Waals surface area contributed by atoms with E-state index in [1.807, 2.05) is 0 Å². The van der Waals surface area contributed by atoms with Gasteiger partial charge in [-0.2, -0.15) is 0 Å². The monoisotopic (exact) mass is 272 g/mol. The number of likely N-dealkylation sites (N-methyl/N-ethyl adjacent to an activating group) is 1. The van der Waals surface area contributed by atoms with Crippen LogP contribution in [0.25, 0.3) is 0 Å². The van der Waals surface area contributed by atoms with E-state index in [4.69, 9.17) is 0 Å². The maximum Gasteiger partial charge on any atom is 0.0328 e. The lowest BCUT2D eigenvalue weighted by Crippen LogP contribution is -2.58. The molecule has 0 radical (unpaired) electrons. The van der Waals surface area contributed by atoms with Gasteiger partial charge in [0.2, 0.25) is 0 Å². The maximum absolute atomic E-state index is 3.82. The number of nitrogens with zero attached hydrogens (tertiary/aromatic N) is 1. The van der Waals surface area contributed by atoms with Gasteiger partial charge in [0.15, 0.2) is 0 Å².